The molecule has 1 atom stereocenters. The molecule has 104 valence electrons. The van der Waals surface area contributed by atoms with E-state index in [0.717, 1.165) is 25.3 Å². The maximum absolute atomic E-state index is 12.0. The number of hydrogen-bond donors (Lipinski definition) is 0. The molecule has 0 radical (unpaired) electrons. The molecular weight excluding hydrogens is 240 g/mol. The Morgan fingerprint density at radius 3 is 2.39 bits per heavy atom. The minimum Gasteiger partial charge on any atom is -0.406 e. The molecule has 0 aromatic rings. The van der Waals surface area contributed by atoms with Crippen LogP contribution in [0, 0.1) is 0 Å². The molecule has 3 heteroatoms. The normalized spacial score (nSPS) is 21.7. The topological polar surface area (TPSA) is 26.3 Å². The number of Topliss-reactive ketones (excluding diaryl/α,β-unsaturated/α-hetero) is 1. The third-order valence-electron chi connectivity index (χ3n) is 4.28. The van der Waals surface area contributed by atoms with E-state index < -0.39 is 8.32 Å². The molecule has 0 saturated heterocycles. The molecule has 0 aromatic heterocycles. The lowest BCUT2D eigenvalue weighted by molar-refractivity contribution is -0.128. The highest BCUT2D eigenvalue weighted by molar-refractivity contribution is 6.77. The Kier molecular flexibility index (Phi) is 5.79. The predicted molar refractivity (Wildman–Crippen MR) is 79.3 cm³/mol. The zero-order valence-electron chi connectivity index (χ0n) is 12.4. The van der Waals surface area contributed by atoms with E-state index in [1.807, 2.05) is 6.08 Å². The summed E-state index contributed by atoms with van der Waals surface area (Å²) in [5.41, 5.74) is 1.04. The minimum atomic E-state index is -1.92. The van der Waals surface area contributed by atoms with Gasteiger partial charge in [0.2, 0.25) is 8.32 Å². The van der Waals surface area contributed by atoms with Crippen LogP contribution in [0.5, 0.6) is 0 Å². The van der Waals surface area contributed by atoms with Gasteiger partial charge in [-0.1, -0.05) is 40.2 Å². The molecule has 0 bridgehead atoms. The summed E-state index contributed by atoms with van der Waals surface area (Å²) < 4.78 is 6.47. The summed E-state index contributed by atoms with van der Waals surface area (Å²) in [5, 5.41) is 0. The van der Waals surface area contributed by atoms with Crippen molar-refractivity contribution in [1.82, 2.24) is 0 Å². The van der Waals surface area contributed by atoms with Crippen molar-refractivity contribution < 1.29 is 9.22 Å². The van der Waals surface area contributed by atoms with Crippen molar-refractivity contribution in [2.45, 2.75) is 76.6 Å². The van der Waals surface area contributed by atoms with E-state index in [0.29, 0.717) is 23.3 Å². The van der Waals surface area contributed by atoms with Gasteiger partial charge in [0, 0.05) is 6.42 Å². The molecule has 1 rings (SSSR count). The summed E-state index contributed by atoms with van der Waals surface area (Å²) in [4.78, 5) is 12.0. The van der Waals surface area contributed by atoms with Gasteiger partial charge in [0.05, 0.1) is 0 Å². The van der Waals surface area contributed by atoms with Gasteiger partial charge in [0.25, 0.3) is 0 Å². The van der Waals surface area contributed by atoms with Gasteiger partial charge in [-0.15, -0.1) is 6.58 Å². The molecule has 0 unspecified atom stereocenters. The molecule has 18 heavy (non-hydrogen) atoms. The van der Waals surface area contributed by atoms with Crippen molar-refractivity contribution in [2.75, 3.05) is 0 Å². The van der Waals surface area contributed by atoms with E-state index in [1.165, 1.54) is 0 Å². The molecule has 0 spiro atoms. The second kappa shape index (κ2) is 6.67. The van der Waals surface area contributed by atoms with Crippen molar-refractivity contribution in [3.8, 4) is 0 Å². The van der Waals surface area contributed by atoms with Gasteiger partial charge in [-0.2, -0.15) is 0 Å². The molecular formula is C15H28O2Si. The average molecular weight is 268 g/mol. The van der Waals surface area contributed by atoms with E-state index >= 15 is 0 Å². The highest BCUT2D eigenvalue weighted by atomic mass is 28.4. The first-order chi connectivity index (χ1) is 8.44. The highest BCUT2D eigenvalue weighted by Gasteiger charge is 2.44. The van der Waals surface area contributed by atoms with Crippen molar-refractivity contribution >= 4 is 14.1 Å². The van der Waals surface area contributed by atoms with Crippen LogP contribution in [0.2, 0.25) is 17.1 Å². The SMILES string of the molecule is C=CC[Si](O[C@@H]1CCCCC1=O)(C(C)C)C(C)C. The molecule has 0 amide bonds. The van der Waals surface area contributed by atoms with Crippen LogP contribution in [0.4, 0.5) is 0 Å². The lowest BCUT2D eigenvalue weighted by Gasteiger charge is -2.41. The summed E-state index contributed by atoms with van der Waals surface area (Å²) in [5.74, 6) is 0.323. The zero-order chi connectivity index (χ0) is 13.8. The standard InChI is InChI=1S/C15H28O2Si/c1-6-11-18(12(2)3,13(4)5)17-15-10-8-7-9-14(15)16/h6,12-13,15H,1,7-11H2,2-5H3/t15-/m1/s1. The number of ketones is 1. The maximum Gasteiger partial charge on any atom is 0.202 e. The third-order valence-corrected chi connectivity index (χ3v) is 9.84. The number of allylic oxidation sites excluding steroid dienone is 1. The van der Waals surface area contributed by atoms with Crippen LogP contribution in [0.15, 0.2) is 12.7 Å². The number of carbonyl (C=O) groups is 1. The Labute approximate surface area is 113 Å². The van der Waals surface area contributed by atoms with Crippen LogP contribution in [-0.2, 0) is 9.22 Å². The number of carbonyl (C=O) groups excluding carboxylic acids is 1. The first-order valence-corrected chi connectivity index (χ1v) is 9.52. The van der Waals surface area contributed by atoms with Crippen LogP contribution in [0.3, 0.4) is 0 Å². The maximum atomic E-state index is 12.0. The Morgan fingerprint density at radius 1 is 1.33 bits per heavy atom. The van der Waals surface area contributed by atoms with Gasteiger partial charge >= 0.3 is 0 Å². The fraction of sp³-hybridized carbons (Fsp3) is 0.800. The summed E-state index contributed by atoms with van der Waals surface area (Å²) >= 11 is 0. The van der Waals surface area contributed by atoms with Crippen LogP contribution >= 0.6 is 0 Å². The molecule has 0 heterocycles. The van der Waals surface area contributed by atoms with E-state index in [4.69, 9.17) is 4.43 Å². The van der Waals surface area contributed by atoms with E-state index in [2.05, 4.69) is 34.3 Å². The molecule has 0 aromatic carbocycles. The lowest BCUT2D eigenvalue weighted by Crippen LogP contribution is -2.49. The van der Waals surface area contributed by atoms with Crippen LogP contribution in [-0.4, -0.2) is 20.2 Å². The molecule has 2 nitrogen and oxygen atoms in total. The van der Waals surface area contributed by atoms with Crippen LogP contribution in [0.25, 0.3) is 0 Å². The van der Waals surface area contributed by atoms with Crippen molar-refractivity contribution in [1.29, 1.82) is 0 Å². The fourth-order valence-electron chi connectivity index (χ4n) is 3.02. The zero-order valence-corrected chi connectivity index (χ0v) is 13.4. The largest absolute Gasteiger partial charge is 0.406 e. The summed E-state index contributed by atoms with van der Waals surface area (Å²) in [6.07, 6.45) is 5.65. The molecule has 1 saturated carbocycles. The van der Waals surface area contributed by atoms with E-state index in [-0.39, 0.29) is 6.10 Å². The van der Waals surface area contributed by atoms with Crippen LogP contribution < -0.4 is 0 Å². The van der Waals surface area contributed by atoms with Crippen LogP contribution in [0.1, 0.15) is 53.4 Å². The Bertz CT molecular complexity index is 289. The Hall–Kier alpha value is -0.413. The van der Waals surface area contributed by atoms with E-state index in [1.54, 1.807) is 0 Å². The van der Waals surface area contributed by atoms with Crippen molar-refractivity contribution in [2.24, 2.45) is 0 Å². The Morgan fingerprint density at radius 2 is 1.94 bits per heavy atom. The molecule has 1 aliphatic rings. The molecule has 0 aliphatic heterocycles. The Balaban J connectivity index is 2.88. The van der Waals surface area contributed by atoms with E-state index in [9.17, 15) is 4.79 Å². The van der Waals surface area contributed by atoms with Gasteiger partial charge < -0.3 is 4.43 Å². The quantitative estimate of drug-likeness (QED) is 0.525. The van der Waals surface area contributed by atoms with Crippen molar-refractivity contribution in [3.63, 3.8) is 0 Å². The second-order valence-corrected chi connectivity index (χ2v) is 10.9. The summed E-state index contributed by atoms with van der Waals surface area (Å²) in [6, 6.07) is 0.951. The van der Waals surface area contributed by atoms with Gasteiger partial charge in [-0.25, -0.2) is 0 Å². The fourth-order valence-corrected chi connectivity index (χ4v) is 7.17. The predicted octanol–water partition coefficient (Wildman–Crippen LogP) is 4.47. The molecule has 1 fully saturated rings. The second-order valence-electron chi connectivity index (χ2n) is 6.08. The molecule has 0 N–H and O–H groups in total. The van der Waals surface area contributed by atoms with Crippen molar-refractivity contribution in [3.05, 3.63) is 12.7 Å². The molecule has 1 aliphatic carbocycles. The van der Waals surface area contributed by atoms with Gasteiger partial charge in [-0.3, -0.25) is 4.79 Å². The van der Waals surface area contributed by atoms with Gasteiger partial charge in [-0.05, 0) is 30.0 Å². The first kappa shape index (κ1) is 15.6. The minimum absolute atomic E-state index is 0.129. The summed E-state index contributed by atoms with van der Waals surface area (Å²) in [7, 11) is -1.92. The highest BCUT2D eigenvalue weighted by Crippen LogP contribution is 2.39. The van der Waals surface area contributed by atoms with Gasteiger partial charge in [0.15, 0.2) is 5.78 Å². The third kappa shape index (κ3) is 3.32. The smallest absolute Gasteiger partial charge is 0.202 e. The number of hydrogen-bond acceptors (Lipinski definition) is 2. The van der Waals surface area contributed by atoms with Gasteiger partial charge in [0.1, 0.15) is 6.10 Å². The lowest BCUT2D eigenvalue weighted by atomic mass is 9.97. The first-order valence-electron chi connectivity index (χ1n) is 7.25. The number of rotatable bonds is 6. The average Bonchev–Trinajstić information content (AvgIpc) is 2.30. The summed E-state index contributed by atoms with van der Waals surface area (Å²) in [6.45, 7) is 12.8. The monoisotopic (exact) mass is 268 g/mol.